The Morgan fingerprint density at radius 2 is 2.31 bits per heavy atom. The summed E-state index contributed by atoms with van der Waals surface area (Å²) in [6, 6.07) is 4.21. The maximum absolute atomic E-state index is 5.81. The van der Waals surface area contributed by atoms with Crippen molar-refractivity contribution in [1.29, 1.82) is 0 Å². The molecule has 3 N–H and O–H groups in total. The van der Waals surface area contributed by atoms with Crippen molar-refractivity contribution in [2.24, 2.45) is 0 Å². The Labute approximate surface area is 102 Å². The van der Waals surface area contributed by atoms with Gasteiger partial charge in [0, 0.05) is 4.88 Å². The molecule has 0 amide bonds. The zero-order chi connectivity index (χ0) is 11.5. The number of nitrogens with one attached hydrogen (secondary N) is 1. The number of anilines is 2. The number of nitrogens with two attached hydrogens (primary N) is 1. The second-order valence-corrected chi connectivity index (χ2v) is 4.65. The predicted molar refractivity (Wildman–Crippen MR) is 67.8 cm³/mol. The van der Waals surface area contributed by atoms with Gasteiger partial charge in [-0.05, 0) is 18.4 Å². The zero-order valence-corrected chi connectivity index (χ0v) is 10.2. The van der Waals surface area contributed by atoms with E-state index < -0.39 is 0 Å². The van der Waals surface area contributed by atoms with Crippen LogP contribution in [0.2, 0.25) is 5.15 Å². The zero-order valence-electron chi connectivity index (χ0n) is 8.64. The molecular weight excluding hydrogens is 244 g/mol. The van der Waals surface area contributed by atoms with Gasteiger partial charge in [0.15, 0.2) is 11.0 Å². The maximum Gasteiger partial charge on any atom is 0.157 e. The number of rotatable bonds is 3. The SMILES string of the molecule is CC(Nc1ncnc(Cl)c1N)c1cccs1. The van der Waals surface area contributed by atoms with Gasteiger partial charge in [-0.1, -0.05) is 17.7 Å². The monoisotopic (exact) mass is 254 g/mol. The van der Waals surface area contributed by atoms with Gasteiger partial charge in [-0.2, -0.15) is 0 Å². The van der Waals surface area contributed by atoms with Gasteiger partial charge < -0.3 is 11.1 Å². The summed E-state index contributed by atoms with van der Waals surface area (Å²) in [5.74, 6) is 0.570. The molecule has 0 saturated heterocycles. The summed E-state index contributed by atoms with van der Waals surface area (Å²) in [5, 5.41) is 5.51. The van der Waals surface area contributed by atoms with Crippen LogP contribution >= 0.6 is 22.9 Å². The van der Waals surface area contributed by atoms with E-state index in [1.165, 1.54) is 11.2 Å². The highest BCUT2D eigenvalue weighted by Gasteiger charge is 2.11. The average Bonchev–Trinajstić information content (AvgIpc) is 2.78. The lowest BCUT2D eigenvalue weighted by atomic mass is 10.2. The first-order chi connectivity index (χ1) is 7.68. The first kappa shape index (κ1) is 11.2. The minimum Gasteiger partial charge on any atom is -0.393 e. The van der Waals surface area contributed by atoms with E-state index in [2.05, 4.69) is 21.4 Å². The third kappa shape index (κ3) is 2.25. The van der Waals surface area contributed by atoms with Crippen molar-refractivity contribution in [3.05, 3.63) is 33.9 Å². The largest absolute Gasteiger partial charge is 0.393 e. The van der Waals surface area contributed by atoms with Gasteiger partial charge >= 0.3 is 0 Å². The lowest BCUT2D eigenvalue weighted by Gasteiger charge is -2.14. The topological polar surface area (TPSA) is 63.8 Å². The highest BCUT2D eigenvalue weighted by atomic mass is 35.5. The molecule has 0 aliphatic carbocycles. The summed E-state index contributed by atoms with van der Waals surface area (Å²) >= 11 is 7.49. The summed E-state index contributed by atoms with van der Waals surface area (Å²) in [5.41, 5.74) is 6.15. The number of halogens is 1. The Morgan fingerprint density at radius 3 is 3.00 bits per heavy atom. The summed E-state index contributed by atoms with van der Waals surface area (Å²) in [4.78, 5) is 9.08. The van der Waals surface area contributed by atoms with Crippen molar-refractivity contribution in [2.75, 3.05) is 11.1 Å². The number of nitrogen functional groups attached to an aromatic ring is 1. The van der Waals surface area contributed by atoms with Crippen molar-refractivity contribution < 1.29 is 0 Å². The van der Waals surface area contributed by atoms with Crippen LogP contribution in [-0.2, 0) is 0 Å². The van der Waals surface area contributed by atoms with Gasteiger partial charge in [0.05, 0.1) is 6.04 Å². The van der Waals surface area contributed by atoms with E-state index in [1.807, 2.05) is 18.4 Å². The fraction of sp³-hybridized carbons (Fsp3) is 0.200. The van der Waals surface area contributed by atoms with Crippen LogP contribution in [-0.4, -0.2) is 9.97 Å². The van der Waals surface area contributed by atoms with Crippen LogP contribution in [0.15, 0.2) is 23.8 Å². The van der Waals surface area contributed by atoms with Crippen LogP contribution in [0.3, 0.4) is 0 Å². The molecular formula is C10H11ClN4S. The van der Waals surface area contributed by atoms with Crippen molar-refractivity contribution in [3.63, 3.8) is 0 Å². The van der Waals surface area contributed by atoms with Crippen LogP contribution < -0.4 is 11.1 Å². The van der Waals surface area contributed by atoms with Crippen molar-refractivity contribution >= 4 is 34.4 Å². The molecule has 2 heterocycles. The van der Waals surface area contributed by atoms with E-state index in [1.54, 1.807) is 11.3 Å². The number of thiophene rings is 1. The standard InChI is InChI=1S/C10H11ClN4S/c1-6(7-3-2-4-16-7)15-10-8(12)9(11)13-5-14-10/h2-6H,12H2,1H3,(H,13,14,15). The second kappa shape index (κ2) is 4.67. The Hall–Kier alpha value is -1.33. The Morgan fingerprint density at radius 1 is 1.50 bits per heavy atom. The minimum absolute atomic E-state index is 0.147. The first-order valence-corrected chi connectivity index (χ1v) is 6.00. The lowest BCUT2D eigenvalue weighted by Crippen LogP contribution is -2.09. The molecule has 16 heavy (non-hydrogen) atoms. The lowest BCUT2D eigenvalue weighted by molar-refractivity contribution is 0.894. The molecule has 0 bridgehead atoms. The van der Waals surface area contributed by atoms with Crippen LogP contribution in [0.25, 0.3) is 0 Å². The normalized spacial score (nSPS) is 12.4. The molecule has 0 saturated carbocycles. The van der Waals surface area contributed by atoms with Crippen molar-refractivity contribution in [2.45, 2.75) is 13.0 Å². The molecule has 2 rings (SSSR count). The van der Waals surface area contributed by atoms with E-state index in [-0.39, 0.29) is 11.2 Å². The molecule has 0 aliphatic heterocycles. The first-order valence-electron chi connectivity index (χ1n) is 4.74. The Balaban J connectivity index is 2.18. The van der Waals surface area contributed by atoms with E-state index in [9.17, 15) is 0 Å². The Kier molecular flexibility index (Phi) is 3.26. The smallest absolute Gasteiger partial charge is 0.157 e. The molecule has 1 atom stereocenters. The molecule has 0 aliphatic rings. The molecule has 6 heteroatoms. The Bertz CT molecular complexity index is 472. The summed E-state index contributed by atoms with van der Waals surface area (Å²) in [6.45, 7) is 2.04. The second-order valence-electron chi connectivity index (χ2n) is 3.31. The molecule has 0 fully saturated rings. The molecule has 0 radical (unpaired) electrons. The van der Waals surface area contributed by atoms with Gasteiger partial charge in [0.2, 0.25) is 0 Å². The summed E-state index contributed by atoms with van der Waals surface area (Å²) in [7, 11) is 0. The van der Waals surface area contributed by atoms with Crippen LogP contribution in [0, 0.1) is 0 Å². The predicted octanol–water partition coefficient (Wildman–Crippen LogP) is 2.95. The summed E-state index contributed by atoms with van der Waals surface area (Å²) in [6.07, 6.45) is 1.39. The summed E-state index contributed by atoms with van der Waals surface area (Å²) < 4.78 is 0. The van der Waals surface area contributed by atoms with Crippen molar-refractivity contribution in [3.8, 4) is 0 Å². The van der Waals surface area contributed by atoms with Crippen LogP contribution in [0.4, 0.5) is 11.5 Å². The number of nitrogens with zero attached hydrogens (tertiary/aromatic N) is 2. The van der Waals surface area contributed by atoms with E-state index in [0.29, 0.717) is 11.5 Å². The number of aromatic nitrogens is 2. The molecule has 0 aromatic carbocycles. The van der Waals surface area contributed by atoms with Gasteiger partial charge in [0.1, 0.15) is 12.0 Å². The molecule has 84 valence electrons. The molecule has 0 spiro atoms. The van der Waals surface area contributed by atoms with Gasteiger partial charge in [0.25, 0.3) is 0 Å². The van der Waals surface area contributed by atoms with Gasteiger partial charge in [-0.15, -0.1) is 11.3 Å². The highest BCUT2D eigenvalue weighted by Crippen LogP contribution is 2.27. The molecule has 2 aromatic heterocycles. The molecule has 2 aromatic rings. The maximum atomic E-state index is 5.81. The van der Waals surface area contributed by atoms with Crippen molar-refractivity contribution in [1.82, 2.24) is 9.97 Å². The third-order valence-corrected chi connectivity index (χ3v) is 3.51. The van der Waals surface area contributed by atoms with Gasteiger partial charge in [-0.25, -0.2) is 9.97 Å². The van der Waals surface area contributed by atoms with E-state index in [0.717, 1.165) is 0 Å². The number of hydrogen-bond donors (Lipinski definition) is 2. The fourth-order valence-electron chi connectivity index (χ4n) is 1.30. The quantitative estimate of drug-likeness (QED) is 0.827. The third-order valence-electron chi connectivity index (χ3n) is 2.16. The van der Waals surface area contributed by atoms with E-state index >= 15 is 0 Å². The molecule has 4 nitrogen and oxygen atoms in total. The minimum atomic E-state index is 0.147. The van der Waals surface area contributed by atoms with Crippen LogP contribution in [0.1, 0.15) is 17.8 Å². The van der Waals surface area contributed by atoms with Gasteiger partial charge in [-0.3, -0.25) is 0 Å². The molecule has 1 unspecified atom stereocenters. The van der Waals surface area contributed by atoms with E-state index in [4.69, 9.17) is 17.3 Å². The average molecular weight is 255 g/mol. The highest BCUT2D eigenvalue weighted by molar-refractivity contribution is 7.10. The number of hydrogen-bond acceptors (Lipinski definition) is 5. The fourth-order valence-corrected chi connectivity index (χ4v) is 2.17. The van der Waals surface area contributed by atoms with Crippen LogP contribution in [0.5, 0.6) is 0 Å².